The first-order valence-corrected chi connectivity index (χ1v) is 6.32. The summed E-state index contributed by atoms with van der Waals surface area (Å²) >= 11 is 5.44. The molecule has 0 radical (unpaired) electrons. The highest BCUT2D eigenvalue weighted by Crippen LogP contribution is 2.26. The first-order chi connectivity index (χ1) is 9.88. The number of hydrogen-bond acceptors (Lipinski definition) is 3. The van der Waals surface area contributed by atoms with E-state index in [0.717, 1.165) is 12.1 Å². The summed E-state index contributed by atoms with van der Waals surface area (Å²) in [7, 11) is 0. The van der Waals surface area contributed by atoms with E-state index in [4.69, 9.17) is 11.6 Å². The van der Waals surface area contributed by atoms with Crippen LogP contribution in [0.4, 0.5) is 14.5 Å². The molecule has 21 heavy (non-hydrogen) atoms. The van der Waals surface area contributed by atoms with Gasteiger partial charge in [0.1, 0.15) is 11.6 Å². The van der Waals surface area contributed by atoms with Crippen LogP contribution in [-0.4, -0.2) is 10.0 Å². The quantitative estimate of drug-likeness (QED) is 0.530. The molecule has 0 heterocycles. The van der Waals surface area contributed by atoms with Gasteiger partial charge in [0.25, 0.3) is 5.69 Å². The molecule has 0 aromatic heterocycles. The number of nitro benzene ring substituents is 1. The lowest BCUT2D eigenvalue weighted by atomic mass is 10.0. The van der Waals surface area contributed by atoms with E-state index in [0.29, 0.717) is 5.56 Å². The molecule has 0 spiro atoms. The van der Waals surface area contributed by atoms with Gasteiger partial charge in [0, 0.05) is 24.1 Å². The van der Waals surface area contributed by atoms with Gasteiger partial charge in [-0.3, -0.25) is 10.1 Å². The molecule has 4 nitrogen and oxygen atoms in total. The van der Waals surface area contributed by atoms with Gasteiger partial charge in [-0.05, 0) is 17.7 Å². The van der Waals surface area contributed by atoms with Crippen LogP contribution in [0.1, 0.15) is 17.2 Å². The monoisotopic (exact) mass is 313 g/mol. The van der Waals surface area contributed by atoms with E-state index in [1.807, 2.05) is 0 Å². The molecule has 0 amide bonds. The van der Waals surface area contributed by atoms with Crippen LogP contribution in [0.5, 0.6) is 0 Å². The Bertz CT molecular complexity index is 677. The summed E-state index contributed by atoms with van der Waals surface area (Å²) in [6.07, 6.45) is -1.28. The molecule has 0 saturated heterocycles. The van der Waals surface area contributed by atoms with Crippen LogP contribution in [-0.2, 0) is 6.42 Å². The Hall–Kier alpha value is -2.05. The summed E-state index contributed by atoms with van der Waals surface area (Å²) in [6, 6.07) is 7.10. The maximum absolute atomic E-state index is 13.7. The van der Waals surface area contributed by atoms with Crippen LogP contribution in [0.15, 0.2) is 36.4 Å². The molecular weight excluding hydrogens is 304 g/mol. The summed E-state index contributed by atoms with van der Waals surface area (Å²) in [5.41, 5.74) is 0.259. The van der Waals surface area contributed by atoms with Gasteiger partial charge in [0.2, 0.25) is 0 Å². The highest BCUT2D eigenvalue weighted by atomic mass is 35.5. The molecule has 2 rings (SSSR count). The second-order valence-electron chi connectivity index (χ2n) is 4.43. The average molecular weight is 314 g/mol. The van der Waals surface area contributed by atoms with Crippen molar-refractivity contribution >= 4 is 17.3 Å². The largest absolute Gasteiger partial charge is 0.388 e. The van der Waals surface area contributed by atoms with Crippen LogP contribution in [0.25, 0.3) is 0 Å². The molecule has 0 aliphatic carbocycles. The van der Waals surface area contributed by atoms with Gasteiger partial charge >= 0.3 is 0 Å². The highest BCUT2D eigenvalue weighted by molar-refractivity contribution is 6.30. The topological polar surface area (TPSA) is 63.4 Å². The molecule has 1 unspecified atom stereocenters. The number of hydrogen-bond donors (Lipinski definition) is 1. The van der Waals surface area contributed by atoms with Crippen LogP contribution < -0.4 is 0 Å². The fourth-order valence-electron chi connectivity index (χ4n) is 1.88. The number of aliphatic hydroxyl groups excluding tert-OH is 1. The summed E-state index contributed by atoms with van der Waals surface area (Å²) in [4.78, 5) is 9.98. The van der Waals surface area contributed by atoms with Crippen LogP contribution >= 0.6 is 11.6 Å². The van der Waals surface area contributed by atoms with E-state index in [2.05, 4.69) is 0 Å². The summed E-state index contributed by atoms with van der Waals surface area (Å²) in [5, 5.41) is 20.1. The maximum Gasteiger partial charge on any atom is 0.269 e. The lowest BCUT2D eigenvalue weighted by molar-refractivity contribution is -0.384. The zero-order chi connectivity index (χ0) is 15.6. The van der Waals surface area contributed by atoms with Crippen molar-refractivity contribution in [2.24, 2.45) is 0 Å². The third-order valence-electron chi connectivity index (χ3n) is 2.97. The molecule has 110 valence electrons. The van der Waals surface area contributed by atoms with E-state index in [-0.39, 0.29) is 22.7 Å². The van der Waals surface area contributed by atoms with Gasteiger partial charge in [0.05, 0.1) is 16.0 Å². The molecule has 0 aliphatic heterocycles. The Labute approximate surface area is 123 Å². The lowest BCUT2D eigenvalue weighted by Gasteiger charge is -2.12. The minimum atomic E-state index is -1.28. The number of non-ortho nitro benzene ring substituents is 1. The zero-order valence-electron chi connectivity index (χ0n) is 10.6. The molecule has 0 aliphatic rings. The SMILES string of the molecule is O=[N+]([O-])c1ccc(CC(O)c2cc(F)c(Cl)cc2F)cc1. The molecule has 1 atom stereocenters. The van der Waals surface area contributed by atoms with Crippen molar-refractivity contribution in [2.45, 2.75) is 12.5 Å². The Morgan fingerprint density at radius 2 is 1.81 bits per heavy atom. The number of benzene rings is 2. The van der Waals surface area contributed by atoms with Gasteiger partial charge in [-0.1, -0.05) is 23.7 Å². The van der Waals surface area contributed by atoms with Gasteiger partial charge in [-0.2, -0.15) is 0 Å². The van der Waals surface area contributed by atoms with Crippen molar-refractivity contribution in [3.63, 3.8) is 0 Å². The molecule has 7 heteroatoms. The minimum Gasteiger partial charge on any atom is -0.388 e. The van der Waals surface area contributed by atoms with Crippen LogP contribution in [0.2, 0.25) is 5.02 Å². The fraction of sp³-hybridized carbons (Fsp3) is 0.143. The minimum absolute atomic E-state index is 0.00398. The van der Waals surface area contributed by atoms with Crippen molar-refractivity contribution in [2.75, 3.05) is 0 Å². The fourth-order valence-corrected chi connectivity index (χ4v) is 2.03. The number of nitrogens with zero attached hydrogens (tertiary/aromatic N) is 1. The van der Waals surface area contributed by atoms with Crippen molar-refractivity contribution in [3.8, 4) is 0 Å². The van der Waals surface area contributed by atoms with E-state index in [1.54, 1.807) is 0 Å². The Morgan fingerprint density at radius 3 is 2.38 bits per heavy atom. The van der Waals surface area contributed by atoms with Gasteiger partial charge in [-0.25, -0.2) is 8.78 Å². The average Bonchev–Trinajstić information content (AvgIpc) is 2.43. The Kier molecular flexibility index (Phi) is 4.50. The molecule has 2 aromatic rings. The zero-order valence-corrected chi connectivity index (χ0v) is 11.3. The Balaban J connectivity index is 2.19. The van der Waals surface area contributed by atoms with Crippen molar-refractivity contribution in [1.82, 2.24) is 0 Å². The van der Waals surface area contributed by atoms with Gasteiger partial charge in [0.15, 0.2) is 0 Å². The van der Waals surface area contributed by atoms with E-state index in [9.17, 15) is 24.0 Å². The molecular formula is C14H10ClF2NO3. The van der Waals surface area contributed by atoms with Crippen molar-refractivity contribution < 1.29 is 18.8 Å². The first-order valence-electron chi connectivity index (χ1n) is 5.94. The van der Waals surface area contributed by atoms with Gasteiger partial charge in [-0.15, -0.1) is 0 Å². The predicted molar refractivity (Wildman–Crippen MR) is 73.1 cm³/mol. The van der Waals surface area contributed by atoms with E-state index < -0.39 is 22.7 Å². The van der Waals surface area contributed by atoms with Crippen LogP contribution in [0, 0.1) is 21.7 Å². The van der Waals surface area contributed by atoms with Crippen molar-refractivity contribution in [1.29, 1.82) is 0 Å². The predicted octanol–water partition coefficient (Wildman–Crippen LogP) is 3.80. The maximum atomic E-state index is 13.7. The second-order valence-corrected chi connectivity index (χ2v) is 4.84. The van der Waals surface area contributed by atoms with Crippen LogP contribution in [0.3, 0.4) is 0 Å². The number of rotatable bonds is 4. The smallest absolute Gasteiger partial charge is 0.269 e. The number of aliphatic hydroxyl groups is 1. The molecule has 1 N–H and O–H groups in total. The summed E-state index contributed by atoms with van der Waals surface area (Å²) in [5.74, 6) is -1.63. The third kappa shape index (κ3) is 3.53. The molecule has 2 aromatic carbocycles. The second kappa shape index (κ2) is 6.15. The first kappa shape index (κ1) is 15.3. The molecule has 0 saturated carbocycles. The standard InChI is InChI=1S/C14H10ClF2NO3/c15-11-7-12(16)10(6-13(11)17)14(19)5-8-1-3-9(4-2-8)18(20)21/h1-4,6-7,14,19H,5H2. The van der Waals surface area contributed by atoms with E-state index in [1.165, 1.54) is 24.3 Å². The number of nitro groups is 1. The molecule has 0 bridgehead atoms. The number of halogens is 3. The van der Waals surface area contributed by atoms with E-state index >= 15 is 0 Å². The Morgan fingerprint density at radius 1 is 1.19 bits per heavy atom. The summed E-state index contributed by atoms with van der Waals surface area (Å²) < 4.78 is 27.0. The lowest BCUT2D eigenvalue weighted by Crippen LogP contribution is -2.05. The highest BCUT2D eigenvalue weighted by Gasteiger charge is 2.17. The van der Waals surface area contributed by atoms with Crippen molar-refractivity contribution in [3.05, 3.63) is 74.3 Å². The van der Waals surface area contributed by atoms with Gasteiger partial charge < -0.3 is 5.11 Å². The third-order valence-corrected chi connectivity index (χ3v) is 3.26. The summed E-state index contributed by atoms with van der Waals surface area (Å²) in [6.45, 7) is 0. The normalized spacial score (nSPS) is 12.2. The molecule has 0 fully saturated rings.